The fourth-order valence-electron chi connectivity index (χ4n) is 3.23. The Morgan fingerprint density at radius 3 is 2.63 bits per heavy atom. The zero-order valence-corrected chi connectivity index (χ0v) is 15.5. The first kappa shape index (κ1) is 18.8. The van der Waals surface area contributed by atoms with Gasteiger partial charge in [0.25, 0.3) is 5.91 Å². The van der Waals surface area contributed by atoms with Gasteiger partial charge in [-0.1, -0.05) is 24.3 Å². The van der Waals surface area contributed by atoms with Gasteiger partial charge in [-0.25, -0.2) is 4.79 Å². The molecule has 0 radical (unpaired) electrons. The third-order valence-corrected chi connectivity index (χ3v) is 4.63. The molecule has 0 saturated carbocycles. The second kappa shape index (κ2) is 9.07. The molecule has 6 heteroatoms. The summed E-state index contributed by atoms with van der Waals surface area (Å²) >= 11 is 0. The van der Waals surface area contributed by atoms with E-state index in [0.717, 1.165) is 37.2 Å². The van der Waals surface area contributed by atoms with Crippen LogP contribution in [0.3, 0.4) is 0 Å². The first-order valence-electron chi connectivity index (χ1n) is 9.23. The molecule has 0 spiro atoms. The van der Waals surface area contributed by atoms with Crippen LogP contribution in [0, 0.1) is 0 Å². The predicted molar refractivity (Wildman–Crippen MR) is 105 cm³/mol. The van der Waals surface area contributed by atoms with E-state index in [0.29, 0.717) is 24.2 Å². The number of nitrogens with one attached hydrogen (secondary N) is 2. The number of amides is 3. The minimum Gasteiger partial charge on any atom is -0.496 e. The fraction of sp³-hybridized carbons (Fsp3) is 0.333. The quantitative estimate of drug-likeness (QED) is 0.823. The second-order valence-electron chi connectivity index (χ2n) is 6.52. The maximum Gasteiger partial charge on any atom is 0.319 e. The number of urea groups is 1. The molecule has 3 amide bonds. The minimum absolute atomic E-state index is 0.0210. The van der Waals surface area contributed by atoms with Crippen molar-refractivity contribution in [3.63, 3.8) is 0 Å². The number of para-hydroxylation sites is 1. The minimum atomic E-state index is -0.296. The average molecular weight is 367 g/mol. The van der Waals surface area contributed by atoms with Gasteiger partial charge in [0.1, 0.15) is 5.75 Å². The molecule has 0 aromatic heterocycles. The lowest BCUT2D eigenvalue weighted by Crippen LogP contribution is -2.31. The van der Waals surface area contributed by atoms with Crippen molar-refractivity contribution in [1.29, 1.82) is 0 Å². The molecule has 1 fully saturated rings. The Morgan fingerprint density at radius 2 is 1.85 bits per heavy atom. The van der Waals surface area contributed by atoms with Crippen molar-refractivity contribution < 1.29 is 14.3 Å². The SMILES string of the molecule is COc1ccccc1CCNC(=O)Nc1cccc(C(=O)N2CCCC2)c1. The lowest BCUT2D eigenvalue weighted by Gasteiger charge is -2.16. The van der Waals surface area contributed by atoms with E-state index in [-0.39, 0.29) is 11.9 Å². The summed E-state index contributed by atoms with van der Waals surface area (Å²) in [5, 5.41) is 5.62. The molecule has 0 atom stereocenters. The Hall–Kier alpha value is -3.02. The van der Waals surface area contributed by atoms with Gasteiger partial charge in [0.2, 0.25) is 0 Å². The van der Waals surface area contributed by atoms with Crippen LogP contribution in [0.1, 0.15) is 28.8 Å². The normalized spacial score (nSPS) is 13.3. The molecule has 142 valence electrons. The van der Waals surface area contributed by atoms with Crippen LogP contribution in [0.2, 0.25) is 0 Å². The average Bonchev–Trinajstić information content (AvgIpc) is 3.23. The molecule has 2 aromatic carbocycles. The number of methoxy groups -OCH3 is 1. The number of carbonyl (C=O) groups is 2. The van der Waals surface area contributed by atoms with Gasteiger partial charge >= 0.3 is 6.03 Å². The van der Waals surface area contributed by atoms with E-state index in [2.05, 4.69) is 10.6 Å². The van der Waals surface area contributed by atoms with Crippen molar-refractivity contribution in [2.24, 2.45) is 0 Å². The van der Waals surface area contributed by atoms with Gasteiger partial charge < -0.3 is 20.3 Å². The van der Waals surface area contributed by atoms with Crippen molar-refractivity contribution >= 4 is 17.6 Å². The number of likely N-dealkylation sites (tertiary alicyclic amines) is 1. The van der Waals surface area contributed by atoms with E-state index in [9.17, 15) is 9.59 Å². The molecule has 27 heavy (non-hydrogen) atoms. The number of benzene rings is 2. The first-order chi connectivity index (χ1) is 13.2. The van der Waals surface area contributed by atoms with Crippen LogP contribution >= 0.6 is 0 Å². The molecule has 0 unspecified atom stereocenters. The largest absolute Gasteiger partial charge is 0.496 e. The number of ether oxygens (including phenoxy) is 1. The van der Waals surface area contributed by atoms with Crippen LogP contribution in [-0.2, 0) is 6.42 Å². The van der Waals surface area contributed by atoms with Gasteiger partial charge in [0, 0.05) is 30.9 Å². The molecule has 1 saturated heterocycles. The highest BCUT2D eigenvalue weighted by Gasteiger charge is 2.19. The zero-order valence-electron chi connectivity index (χ0n) is 15.5. The standard InChI is InChI=1S/C21H25N3O3/c1-27-19-10-3-2-7-16(19)11-12-22-21(26)23-18-9-6-8-17(15-18)20(25)24-13-4-5-14-24/h2-3,6-10,15H,4-5,11-14H2,1H3,(H2,22,23,26). The third-order valence-electron chi connectivity index (χ3n) is 4.63. The van der Waals surface area contributed by atoms with Crippen LogP contribution in [0.25, 0.3) is 0 Å². The summed E-state index contributed by atoms with van der Waals surface area (Å²) in [4.78, 5) is 26.5. The Kier molecular flexibility index (Phi) is 6.30. The van der Waals surface area contributed by atoms with Crippen LogP contribution < -0.4 is 15.4 Å². The molecule has 2 N–H and O–H groups in total. The van der Waals surface area contributed by atoms with E-state index in [1.807, 2.05) is 29.2 Å². The molecule has 2 aromatic rings. The summed E-state index contributed by atoms with van der Waals surface area (Å²) < 4.78 is 5.31. The maximum atomic E-state index is 12.5. The zero-order chi connectivity index (χ0) is 19.1. The molecule has 1 heterocycles. The summed E-state index contributed by atoms with van der Waals surface area (Å²) in [6, 6.07) is 14.5. The highest BCUT2D eigenvalue weighted by molar-refractivity contribution is 5.97. The number of hydrogen-bond donors (Lipinski definition) is 2. The number of carbonyl (C=O) groups excluding carboxylic acids is 2. The Morgan fingerprint density at radius 1 is 1.07 bits per heavy atom. The van der Waals surface area contributed by atoms with Gasteiger partial charge in [0.15, 0.2) is 0 Å². The number of rotatable bonds is 6. The highest BCUT2D eigenvalue weighted by Crippen LogP contribution is 2.18. The summed E-state index contributed by atoms with van der Waals surface area (Å²) in [7, 11) is 1.63. The van der Waals surface area contributed by atoms with Gasteiger partial charge in [-0.3, -0.25) is 4.79 Å². The summed E-state index contributed by atoms with van der Waals surface area (Å²) in [5.41, 5.74) is 2.25. The molecular weight excluding hydrogens is 342 g/mol. The topological polar surface area (TPSA) is 70.7 Å². The summed E-state index contributed by atoms with van der Waals surface area (Å²) in [6.07, 6.45) is 2.78. The van der Waals surface area contributed by atoms with E-state index in [4.69, 9.17) is 4.74 Å². The molecular formula is C21H25N3O3. The van der Waals surface area contributed by atoms with E-state index < -0.39 is 0 Å². The van der Waals surface area contributed by atoms with E-state index >= 15 is 0 Å². The van der Waals surface area contributed by atoms with Gasteiger partial charge in [-0.2, -0.15) is 0 Å². The van der Waals surface area contributed by atoms with E-state index in [1.54, 1.807) is 31.4 Å². The van der Waals surface area contributed by atoms with Crippen molar-refractivity contribution in [3.05, 3.63) is 59.7 Å². The van der Waals surface area contributed by atoms with Gasteiger partial charge in [0.05, 0.1) is 7.11 Å². The Labute approximate surface area is 159 Å². The Balaban J connectivity index is 1.52. The second-order valence-corrected chi connectivity index (χ2v) is 6.52. The summed E-state index contributed by atoms with van der Waals surface area (Å²) in [5.74, 6) is 0.834. The molecule has 1 aliphatic rings. The molecule has 3 rings (SSSR count). The maximum absolute atomic E-state index is 12.5. The Bertz CT molecular complexity index is 801. The smallest absolute Gasteiger partial charge is 0.319 e. The lowest BCUT2D eigenvalue weighted by molar-refractivity contribution is 0.0793. The monoisotopic (exact) mass is 367 g/mol. The van der Waals surface area contributed by atoms with Crippen molar-refractivity contribution in [2.45, 2.75) is 19.3 Å². The summed E-state index contributed by atoms with van der Waals surface area (Å²) in [6.45, 7) is 2.10. The number of hydrogen-bond acceptors (Lipinski definition) is 3. The molecule has 0 bridgehead atoms. The van der Waals surface area contributed by atoms with E-state index in [1.165, 1.54) is 0 Å². The third kappa shape index (κ3) is 5.00. The van der Waals surface area contributed by atoms with Crippen LogP contribution in [-0.4, -0.2) is 43.6 Å². The highest BCUT2D eigenvalue weighted by atomic mass is 16.5. The fourth-order valence-corrected chi connectivity index (χ4v) is 3.23. The lowest BCUT2D eigenvalue weighted by atomic mass is 10.1. The van der Waals surface area contributed by atoms with Crippen molar-refractivity contribution in [3.8, 4) is 5.75 Å². The van der Waals surface area contributed by atoms with Gasteiger partial charge in [-0.15, -0.1) is 0 Å². The van der Waals surface area contributed by atoms with Crippen LogP contribution in [0.15, 0.2) is 48.5 Å². The van der Waals surface area contributed by atoms with Crippen molar-refractivity contribution in [1.82, 2.24) is 10.2 Å². The predicted octanol–water partition coefficient (Wildman–Crippen LogP) is 3.30. The van der Waals surface area contributed by atoms with Crippen molar-refractivity contribution in [2.75, 3.05) is 32.1 Å². The van der Waals surface area contributed by atoms with Crippen LogP contribution in [0.5, 0.6) is 5.75 Å². The first-order valence-corrected chi connectivity index (χ1v) is 9.23. The van der Waals surface area contributed by atoms with Crippen LogP contribution in [0.4, 0.5) is 10.5 Å². The molecule has 0 aliphatic carbocycles. The number of anilines is 1. The molecule has 1 aliphatic heterocycles. The number of nitrogens with zero attached hydrogens (tertiary/aromatic N) is 1. The van der Waals surface area contributed by atoms with Gasteiger partial charge in [-0.05, 0) is 49.1 Å². The molecule has 6 nitrogen and oxygen atoms in total.